The van der Waals surface area contributed by atoms with Gasteiger partial charge in [0.15, 0.2) is 4.96 Å². The molecule has 0 spiro atoms. The molecule has 114 valence electrons. The van der Waals surface area contributed by atoms with E-state index in [1.165, 1.54) is 5.69 Å². The first-order chi connectivity index (χ1) is 10.5. The zero-order valence-corrected chi connectivity index (χ0v) is 13.8. The molecule has 3 aromatic rings. The Balaban J connectivity index is 1.85. The number of nitrogens with one attached hydrogen (secondary N) is 1. The number of carbonyl (C=O) groups is 1. The second-order valence-electron chi connectivity index (χ2n) is 5.88. The van der Waals surface area contributed by atoms with Crippen LogP contribution in [-0.4, -0.2) is 15.3 Å². The highest BCUT2D eigenvalue weighted by atomic mass is 32.1. The van der Waals surface area contributed by atoms with Gasteiger partial charge in [-0.3, -0.25) is 9.20 Å². The van der Waals surface area contributed by atoms with E-state index >= 15 is 0 Å². The van der Waals surface area contributed by atoms with Gasteiger partial charge in [-0.15, -0.1) is 11.3 Å². The molecule has 1 N–H and O–H groups in total. The summed E-state index contributed by atoms with van der Waals surface area (Å²) in [5.41, 5.74) is 3.93. The molecule has 2 aromatic heterocycles. The maximum absolute atomic E-state index is 11.9. The summed E-state index contributed by atoms with van der Waals surface area (Å²) >= 11 is 1.63. The minimum Gasteiger partial charge on any atom is -0.326 e. The third-order valence-corrected chi connectivity index (χ3v) is 4.38. The van der Waals surface area contributed by atoms with E-state index < -0.39 is 0 Å². The highest BCUT2D eigenvalue weighted by molar-refractivity contribution is 7.15. The van der Waals surface area contributed by atoms with Crippen molar-refractivity contribution in [2.75, 3.05) is 5.32 Å². The molecule has 0 radical (unpaired) electrons. The summed E-state index contributed by atoms with van der Waals surface area (Å²) in [4.78, 5) is 17.5. The van der Waals surface area contributed by atoms with Crippen LogP contribution in [0, 0.1) is 12.8 Å². The lowest BCUT2D eigenvalue weighted by Gasteiger charge is -2.08. The molecule has 4 nitrogen and oxygen atoms in total. The monoisotopic (exact) mass is 313 g/mol. The van der Waals surface area contributed by atoms with Crippen molar-refractivity contribution in [2.45, 2.75) is 27.2 Å². The molecule has 0 aliphatic heterocycles. The molecule has 0 saturated heterocycles. The standard InChI is InChI=1S/C17H19N3OS/c1-11(2)7-16(21)18-14-6-4-5-13(8-14)15-9-20-12(3)10-22-17(20)19-15/h4-6,8-11H,7H2,1-3H3,(H,18,21). The Bertz CT molecular complexity index is 816. The van der Waals surface area contributed by atoms with Gasteiger partial charge in [0.1, 0.15) is 0 Å². The minimum atomic E-state index is 0.0498. The van der Waals surface area contributed by atoms with E-state index in [-0.39, 0.29) is 5.91 Å². The van der Waals surface area contributed by atoms with E-state index in [1.54, 1.807) is 11.3 Å². The molecular formula is C17H19N3OS. The maximum atomic E-state index is 11.9. The smallest absolute Gasteiger partial charge is 0.224 e. The van der Waals surface area contributed by atoms with Gasteiger partial charge in [0.2, 0.25) is 5.91 Å². The molecule has 5 heteroatoms. The van der Waals surface area contributed by atoms with Gasteiger partial charge < -0.3 is 5.32 Å². The third-order valence-electron chi connectivity index (χ3n) is 3.42. The summed E-state index contributed by atoms with van der Waals surface area (Å²) in [6, 6.07) is 7.84. The molecule has 1 aromatic carbocycles. The number of fused-ring (bicyclic) bond motifs is 1. The average molecular weight is 313 g/mol. The van der Waals surface area contributed by atoms with Crippen LogP contribution in [0.1, 0.15) is 26.0 Å². The fraction of sp³-hybridized carbons (Fsp3) is 0.294. The van der Waals surface area contributed by atoms with Crippen molar-refractivity contribution < 1.29 is 4.79 Å². The maximum Gasteiger partial charge on any atom is 0.224 e. The number of benzene rings is 1. The van der Waals surface area contributed by atoms with Crippen LogP contribution in [0.2, 0.25) is 0 Å². The van der Waals surface area contributed by atoms with Crippen molar-refractivity contribution >= 4 is 27.9 Å². The van der Waals surface area contributed by atoms with Gasteiger partial charge >= 0.3 is 0 Å². The Kier molecular flexibility index (Phi) is 3.98. The predicted octanol–water partition coefficient (Wildman–Crippen LogP) is 4.36. The van der Waals surface area contributed by atoms with Crippen LogP contribution in [0.15, 0.2) is 35.8 Å². The molecular weight excluding hydrogens is 294 g/mol. The molecule has 0 bridgehead atoms. The minimum absolute atomic E-state index is 0.0498. The van der Waals surface area contributed by atoms with Crippen LogP contribution in [0.25, 0.3) is 16.2 Å². The van der Waals surface area contributed by atoms with Crippen LogP contribution in [0.3, 0.4) is 0 Å². The zero-order valence-electron chi connectivity index (χ0n) is 13.0. The second-order valence-corrected chi connectivity index (χ2v) is 6.72. The van der Waals surface area contributed by atoms with Gasteiger partial charge in [-0.05, 0) is 25.0 Å². The molecule has 0 aliphatic carbocycles. The highest BCUT2D eigenvalue weighted by Crippen LogP contribution is 2.25. The molecule has 0 aliphatic rings. The van der Waals surface area contributed by atoms with Crippen molar-refractivity contribution in [2.24, 2.45) is 5.92 Å². The number of rotatable bonds is 4. The molecule has 0 atom stereocenters. The number of nitrogens with zero attached hydrogens (tertiary/aromatic N) is 2. The molecule has 22 heavy (non-hydrogen) atoms. The van der Waals surface area contributed by atoms with E-state index in [4.69, 9.17) is 0 Å². The number of carbonyl (C=O) groups excluding carboxylic acids is 1. The average Bonchev–Trinajstić information content (AvgIpc) is 3.01. The summed E-state index contributed by atoms with van der Waals surface area (Å²) in [5.74, 6) is 0.403. The SMILES string of the molecule is Cc1csc2nc(-c3cccc(NC(=O)CC(C)C)c3)cn12. The van der Waals surface area contributed by atoms with Crippen LogP contribution in [0.5, 0.6) is 0 Å². The Morgan fingerprint density at radius 3 is 2.95 bits per heavy atom. The Labute approximate surface area is 133 Å². The first kappa shape index (κ1) is 14.8. The number of amides is 1. The van der Waals surface area contributed by atoms with E-state index in [9.17, 15) is 4.79 Å². The van der Waals surface area contributed by atoms with Crippen LogP contribution in [-0.2, 0) is 4.79 Å². The van der Waals surface area contributed by atoms with Crippen molar-refractivity contribution in [3.8, 4) is 11.3 Å². The molecule has 1 amide bonds. The summed E-state index contributed by atoms with van der Waals surface area (Å²) < 4.78 is 2.09. The number of hydrogen-bond donors (Lipinski definition) is 1. The highest BCUT2D eigenvalue weighted by Gasteiger charge is 2.09. The van der Waals surface area contributed by atoms with Crippen molar-refractivity contribution in [3.05, 3.63) is 41.5 Å². The first-order valence-corrected chi connectivity index (χ1v) is 8.24. The Hall–Kier alpha value is -2.14. The third kappa shape index (κ3) is 3.04. The molecule has 0 fully saturated rings. The number of anilines is 1. The van der Waals surface area contributed by atoms with Gasteiger partial charge in [0.25, 0.3) is 0 Å². The topological polar surface area (TPSA) is 46.4 Å². The number of imidazole rings is 1. The van der Waals surface area contributed by atoms with Gasteiger partial charge in [-0.25, -0.2) is 4.98 Å². The number of hydrogen-bond acceptors (Lipinski definition) is 3. The van der Waals surface area contributed by atoms with Crippen LogP contribution >= 0.6 is 11.3 Å². The molecule has 2 heterocycles. The Morgan fingerprint density at radius 2 is 2.23 bits per heavy atom. The summed E-state index contributed by atoms with van der Waals surface area (Å²) in [6.45, 7) is 6.14. The summed E-state index contributed by atoms with van der Waals surface area (Å²) in [7, 11) is 0. The summed E-state index contributed by atoms with van der Waals surface area (Å²) in [6.07, 6.45) is 2.57. The lowest BCUT2D eigenvalue weighted by molar-refractivity contribution is -0.116. The van der Waals surface area contributed by atoms with Crippen molar-refractivity contribution in [3.63, 3.8) is 0 Å². The summed E-state index contributed by atoms with van der Waals surface area (Å²) in [5, 5.41) is 5.04. The predicted molar refractivity (Wildman–Crippen MR) is 91.3 cm³/mol. The lowest BCUT2D eigenvalue weighted by atomic mass is 10.1. The quantitative estimate of drug-likeness (QED) is 0.778. The van der Waals surface area contributed by atoms with Gasteiger partial charge in [-0.2, -0.15) is 0 Å². The number of aromatic nitrogens is 2. The molecule has 0 unspecified atom stereocenters. The van der Waals surface area contributed by atoms with E-state index in [1.807, 2.05) is 44.3 Å². The van der Waals surface area contributed by atoms with Gasteiger partial charge in [0.05, 0.1) is 5.69 Å². The van der Waals surface area contributed by atoms with Crippen LogP contribution in [0.4, 0.5) is 5.69 Å². The zero-order chi connectivity index (χ0) is 15.7. The molecule has 3 rings (SSSR count). The van der Waals surface area contributed by atoms with Gasteiger partial charge in [-0.1, -0.05) is 26.0 Å². The van der Waals surface area contributed by atoms with E-state index in [0.717, 1.165) is 21.9 Å². The number of thiazole rings is 1. The largest absolute Gasteiger partial charge is 0.326 e. The Morgan fingerprint density at radius 1 is 1.41 bits per heavy atom. The van der Waals surface area contributed by atoms with Crippen molar-refractivity contribution in [1.82, 2.24) is 9.38 Å². The normalized spacial score (nSPS) is 11.3. The molecule has 0 saturated carbocycles. The lowest BCUT2D eigenvalue weighted by Crippen LogP contribution is -2.13. The van der Waals surface area contributed by atoms with E-state index in [0.29, 0.717) is 12.3 Å². The van der Waals surface area contributed by atoms with Crippen LogP contribution < -0.4 is 5.32 Å². The van der Waals surface area contributed by atoms with Gasteiger partial charge in [0, 0.05) is 34.9 Å². The first-order valence-electron chi connectivity index (χ1n) is 7.36. The number of aryl methyl sites for hydroxylation is 1. The van der Waals surface area contributed by atoms with E-state index in [2.05, 4.69) is 27.0 Å². The van der Waals surface area contributed by atoms with Crippen molar-refractivity contribution in [1.29, 1.82) is 0 Å². The fourth-order valence-corrected chi connectivity index (χ4v) is 3.22. The second kappa shape index (κ2) is 5.93. The fourth-order valence-electron chi connectivity index (χ4n) is 2.37.